The molecule has 168 valence electrons. The maximum Gasteiger partial charge on any atom is 0.262 e. The molecule has 0 aliphatic carbocycles. The van der Waals surface area contributed by atoms with Gasteiger partial charge >= 0.3 is 0 Å². The highest BCUT2D eigenvalue weighted by atomic mass is 32.1. The Hall–Kier alpha value is -3.71. The lowest BCUT2D eigenvalue weighted by molar-refractivity contribution is -0.122. The molecule has 0 spiro atoms. The molecule has 0 fully saturated rings. The van der Waals surface area contributed by atoms with Gasteiger partial charge in [0.15, 0.2) is 0 Å². The smallest absolute Gasteiger partial charge is 0.262 e. The van der Waals surface area contributed by atoms with E-state index >= 15 is 0 Å². The molecule has 0 aliphatic heterocycles. The number of nitrogens with one attached hydrogen (secondary N) is 2. The largest absolute Gasteiger partial charge is 0.354 e. The van der Waals surface area contributed by atoms with Crippen LogP contribution in [0.15, 0.2) is 90.6 Å². The van der Waals surface area contributed by atoms with Crippen molar-refractivity contribution in [3.8, 4) is 0 Å². The first-order chi connectivity index (χ1) is 16.2. The van der Waals surface area contributed by atoms with Crippen LogP contribution in [0.1, 0.15) is 26.6 Å². The fourth-order valence-corrected chi connectivity index (χ4v) is 4.24. The van der Waals surface area contributed by atoms with E-state index in [1.165, 1.54) is 16.9 Å². The summed E-state index contributed by atoms with van der Waals surface area (Å²) in [5.41, 5.74) is 2.18. The molecule has 6 nitrogen and oxygen atoms in total. The van der Waals surface area contributed by atoms with E-state index in [1.54, 1.807) is 12.3 Å². The summed E-state index contributed by atoms with van der Waals surface area (Å²) in [7, 11) is 0. The minimum Gasteiger partial charge on any atom is -0.354 e. The number of hydrogen-bond donors (Lipinski definition) is 2. The van der Waals surface area contributed by atoms with Crippen LogP contribution in [0.5, 0.6) is 0 Å². The zero-order chi connectivity index (χ0) is 22.9. The van der Waals surface area contributed by atoms with Gasteiger partial charge in [-0.15, -0.1) is 11.3 Å². The average molecular weight is 459 g/mol. The minimum atomic E-state index is -0.661. The van der Waals surface area contributed by atoms with Gasteiger partial charge < -0.3 is 15.2 Å². The Balaban J connectivity index is 1.37. The zero-order valence-corrected chi connectivity index (χ0v) is 19.0. The Bertz CT molecular complexity index is 1160. The number of benzene rings is 2. The second-order valence-electron chi connectivity index (χ2n) is 7.69. The predicted octanol–water partition coefficient (Wildman–Crippen LogP) is 3.69. The third-order valence-electron chi connectivity index (χ3n) is 5.29. The van der Waals surface area contributed by atoms with Crippen LogP contribution in [0.3, 0.4) is 0 Å². The van der Waals surface area contributed by atoms with E-state index in [9.17, 15) is 9.59 Å². The van der Waals surface area contributed by atoms with Crippen molar-refractivity contribution in [2.45, 2.75) is 25.4 Å². The molecule has 33 heavy (non-hydrogen) atoms. The summed E-state index contributed by atoms with van der Waals surface area (Å²) in [6.07, 6.45) is 4.75. The molecule has 2 amide bonds. The van der Waals surface area contributed by atoms with Crippen LogP contribution >= 0.6 is 11.3 Å². The number of carbonyl (C=O) groups excluding carboxylic acids is 2. The van der Waals surface area contributed by atoms with Crippen LogP contribution in [-0.2, 0) is 24.2 Å². The first-order valence-electron chi connectivity index (χ1n) is 10.9. The molecule has 1 unspecified atom stereocenters. The molecule has 4 rings (SSSR count). The summed E-state index contributed by atoms with van der Waals surface area (Å²) < 4.78 is 2.08. The second-order valence-corrected chi connectivity index (χ2v) is 8.64. The van der Waals surface area contributed by atoms with Gasteiger partial charge in [0.2, 0.25) is 5.91 Å². The molecule has 1 atom stereocenters. The molecule has 2 aromatic carbocycles. The van der Waals surface area contributed by atoms with E-state index in [1.807, 2.05) is 66.2 Å². The summed E-state index contributed by atoms with van der Waals surface area (Å²) in [6, 6.07) is 22.8. The number of amides is 2. The zero-order valence-electron chi connectivity index (χ0n) is 18.2. The molecular formula is C26H26N4O2S. The first-order valence-corrected chi connectivity index (χ1v) is 11.8. The number of imidazole rings is 1. The van der Waals surface area contributed by atoms with Crippen molar-refractivity contribution in [2.75, 3.05) is 6.54 Å². The number of rotatable bonds is 10. The van der Waals surface area contributed by atoms with E-state index < -0.39 is 6.04 Å². The lowest BCUT2D eigenvalue weighted by Gasteiger charge is -2.18. The third-order valence-corrected chi connectivity index (χ3v) is 6.16. The van der Waals surface area contributed by atoms with Crippen molar-refractivity contribution in [3.63, 3.8) is 0 Å². The molecule has 4 aromatic rings. The van der Waals surface area contributed by atoms with Gasteiger partial charge in [0.25, 0.3) is 5.91 Å². The molecule has 2 aromatic heterocycles. The molecule has 7 heteroatoms. The molecule has 2 N–H and O–H groups in total. The van der Waals surface area contributed by atoms with Gasteiger partial charge in [-0.1, -0.05) is 66.7 Å². The standard InChI is InChI=1S/C26H26N4O2S/c31-25(28-14-13-24-27-15-16-30(24)19-21-10-5-2-6-11-21)22(18-20-8-3-1-4-9-20)29-26(32)23-12-7-17-33-23/h1-12,15-17,22H,13-14,18-19H2,(H,28,31)(H,29,32). The highest BCUT2D eigenvalue weighted by molar-refractivity contribution is 7.12. The Morgan fingerprint density at radius 2 is 1.67 bits per heavy atom. The lowest BCUT2D eigenvalue weighted by atomic mass is 10.1. The van der Waals surface area contributed by atoms with E-state index in [2.05, 4.69) is 32.3 Å². The van der Waals surface area contributed by atoms with Crippen molar-refractivity contribution in [1.82, 2.24) is 20.2 Å². The molecule has 0 bridgehead atoms. The fraction of sp³-hybridized carbons (Fsp3) is 0.192. The Kier molecular flexibility index (Phi) is 7.66. The minimum absolute atomic E-state index is 0.204. The van der Waals surface area contributed by atoms with Gasteiger partial charge in [0.05, 0.1) is 4.88 Å². The van der Waals surface area contributed by atoms with Gasteiger partial charge in [-0.25, -0.2) is 4.98 Å². The van der Waals surface area contributed by atoms with Crippen LogP contribution in [0.25, 0.3) is 0 Å². The third kappa shape index (κ3) is 6.40. The summed E-state index contributed by atoms with van der Waals surface area (Å²) in [6.45, 7) is 1.17. The van der Waals surface area contributed by atoms with Gasteiger partial charge in [-0.05, 0) is 22.6 Å². The molecule has 0 radical (unpaired) electrons. The van der Waals surface area contributed by atoms with Crippen LogP contribution < -0.4 is 10.6 Å². The summed E-state index contributed by atoms with van der Waals surface area (Å²) in [5.74, 6) is 0.464. The number of carbonyl (C=O) groups is 2. The highest BCUT2D eigenvalue weighted by Crippen LogP contribution is 2.10. The van der Waals surface area contributed by atoms with E-state index in [0.717, 1.165) is 17.9 Å². The molecule has 0 saturated carbocycles. The Morgan fingerprint density at radius 3 is 2.36 bits per heavy atom. The van der Waals surface area contributed by atoms with Gasteiger partial charge in [0.1, 0.15) is 11.9 Å². The molecule has 0 aliphatic rings. The van der Waals surface area contributed by atoms with Crippen molar-refractivity contribution in [1.29, 1.82) is 0 Å². The Labute approximate surface area is 197 Å². The van der Waals surface area contributed by atoms with Crippen LogP contribution in [0, 0.1) is 0 Å². The van der Waals surface area contributed by atoms with E-state index in [4.69, 9.17) is 0 Å². The maximum atomic E-state index is 13.0. The fourth-order valence-electron chi connectivity index (χ4n) is 3.61. The van der Waals surface area contributed by atoms with Crippen LogP contribution in [0.2, 0.25) is 0 Å². The van der Waals surface area contributed by atoms with Crippen molar-refractivity contribution < 1.29 is 9.59 Å². The topological polar surface area (TPSA) is 76.0 Å². The summed E-state index contributed by atoms with van der Waals surface area (Å²) >= 11 is 1.35. The highest BCUT2D eigenvalue weighted by Gasteiger charge is 2.22. The quantitative estimate of drug-likeness (QED) is 0.381. The number of nitrogens with zero attached hydrogens (tertiary/aromatic N) is 2. The van der Waals surface area contributed by atoms with Crippen molar-refractivity contribution in [3.05, 3.63) is 112 Å². The van der Waals surface area contributed by atoms with Crippen LogP contribution in [0.4, 0.5) is 0 Å². The molecule has 0 saturated heterocycles. The Morgan fingerprint density at radius 1 is 0.939 bits per heavy atom. The number of aromatic nitrogens is 2. The number of hydrogen-bond acceptors (Lipinski definition) is 4. The molecular weight excluding hydrogens is 432 g/mol. The van der Waals surface area contributed by atoms with E-state index in [-0.39, 0.29) is 11.8 Å². The van der Waals surface area contributed by atoms with Crippen molar-refractivity contribution >= 4 is 23.2 Å². The lowest BCUT2D eigenvalue weighted by Crippen LogP contribution is -2.48. The van der Waals surface area contributed by atoms with Gasteiger partial charge in [0, 0.05) is 38.3 Å². The van der Waals surface area contributed by atoms with E-state index in [0.29, 0.717) is 24.3 Å². The monoisotopic (exact) mass is 458 g/mol. The summed E-state index contributed by atoms with van der Waals surface area (Å²) in [4.78, 5) is 30.6. The summed E-state index contributed by atoms with van der Waals surface area (Å²) in [5, 5.41) is 7.72. The number of thiophene rings is 1. The van der Waals surface area contributed by atoms with Gasteiger partial charge in [-0.3, -0.25) is 9.59 Å². The first kappa shape index (κ1) is 22.5. The van der Waals surface area contributed by atoms with Crippen molar-refractivity contribution in [2.24, 2.45) is 0 Å². The predicted molar refractivity (Wildman–Crippen MR) is 130 cm³/mol. The normalized spacial score (nSPS) is 11.6. The second kappa shape index (κ2) is 11.2. The SMILES string of the molecule is O=C(NC(Cc1ccccc1)C(=O)NCCc1nccn1Cc1ccccc1)c1cccs1. The molecule has 2 heterocycles. The van der Waals surface area contributed by atoms with Crippen LogP contribution in [-0.4, -0.2) is 34.0 Å². The average Bonchev–Trinajstić information content (AvgIpc) is 3.53. The van der Waals surface area contributed by atoms with Gasteiger partial charge in [-0.2, -0.15) is 0 Å². The maximum absolute atomic E-state index is 13.0.